The van der Waals surface area contributed by atoms with Crippen LogP contribution in [0.3, 0.4) is 0 Å². The standard InChI is InChI=1S/C31H31NO/c1-4-24(2)27-10-8-9-26(23-27)14-13-25-15-17-29(18-16-25)32(28-11-6-5-7-12-28)30-19-21-31(33-3)22-20-30/h5-24H,4H2,1-3H3. The zero-order chi connectivity index (χ0) is 23.0. The van der Waals surface area contributed by atoms with E-state index in [0.29, 0.717) is 5.92 Å². The van der Waals surface area contributed by atoms with Gasteiger partial charge in [-0.05, 0) is 77.6 Å². The van der Waals surface area contributed by atoms with Crippen molar-refractivity contribution >= 4 is 29.2 Å². The minimum Gasteiger partial charge on any atom is -0.497 e. The van der Waals surface area contributed by atoms with Crippen LogP contribution in [-0.4, -0.2) is 7.11 Å². The largest absolute Gasteiger partial charge is 0.497 e. The Kier molecular flexibility index (Phi) is 7.26. The maximum Gasteiger partial charge on any atom is 0.119 e. The number of ether oxygens (including phenoxy) is 1. The summed E-state index contributed by atoms with van der Waals surface area (Å²) in [4.78, 5) is 2.25. The molecule has 1 unspecified atom stereocenters. The molecule has 166 valence electrons. The summed E-state index contributed by atoms with van der Waals surface area (Å²) in [5.41, 5.74) is 7.13. The van der Waals surface area contributed by atoms with Gasteiger partial charge >= 0.3 is 0 Å². The molecule has 0 aromatic heterocycles. The normalized spacial score (nSPS) is 12.0. The van der Waals surface area contributed by atoms with Crippen LogP contribution in [0, 0.1) is 0 Å². The van der Waals surface area contributed by atoms with Crippen molar-refractivity contribution in [2.75, 3.05) is 12.0 Å². The molecule has 0 aliphatic heterocycles. The van der Waals surface area contributed by atoms with Crippen LogP contribution >= 0.6 is 0 Å². The Bertz CT molecular complexity index is 1180. The molecular weight excluding hydrogens is 402 g/mol. The molecule has 0 saturated heterocycles. The van der Waals surface area contributed by atoms with Crippen molar-refractivity contribution in [2.45, 2.75) is 26.2 Å². The Hall–Kier alpha value is -3.78. The second kappa shape index (κ2) is 10.7. The molecule has 4 aromatic carbocycles. The minimum absolute atomic E-state index is 0.583. The first-order valence-corrected chi connectivity index (χ1v) is 11.6. The molecular formula is C31H31NO. The predicted molar refractivity (Wildman–Crippen MR) is 142 cm³/mol. The number of nitrogens with zero attached hydrogens (tertiary/aromatic N) is 1. The lowest BCUT2D eigenvalue weighted by Gasteiger charge is -2.25. The first-order valence-electron chi connectivity index (χ1n) is 11.6. The van der Waals surface area contributed by atoms with E-state index in [1.807, 2.05) is 18.2 Å². The summed E-state index contributed by atoms with van der Waals surface area (Å²) < 4.78 is 5.34. The summed E-state index contributed by atoms with van der Waals surface area (Å²) in [5.74, 6) is 1.43. The summed E-state index contributed by atoms with van der Waals surface area (Å²) in [7, 11) is 1.69. The van der Waals surface area contributed by atoms with Crippen LogP contribution < -0.4 is 9.64 Å². The van der Waals surface area contributed by atoms with Gasteiger partial charge in [0.15, 0.2) is 0 Å². The predicted octanol–water partition coefficient (Wildman–Crippen LogP) is 8.85. The van der Waals surface area contributed by atoms with Crippen molar-refractivity contribution in [3.05, 3.63) is 120 Å². The van der Waals surface area contributed by atoms with Gasteiger partial charge < -0.3 is 9.64 Å². The highest BCUT2D eigenvalue weighted by Gasteiger charge is 2.12. The number of methoxy groups -OCH3 is 1. The second-order valence-corrected chi connectivity index (χ2v) is 8.27. The van der Waals surface area contributed by atoms with Crippen LogP contribution in [0.1, 0.15) is 42.9 Å². The van der Waals surface area contributed by atoms with E-state index in [4.69, 9.17) is 4.74 Å². The smallest absolute Gasteiger partial charge is 0.119 e. The Morgan fingerprint density at radius 3 is 1.94 bits per heavy atom. The highest BCUT2D eigenvalue weighted by molar-refractivity contribution is 5.78. The first kappa shape index (κ1) is 22.4. The number of anilines is 3. The molecule has 0 heterocycles. The van der Waals surface area contributed by atoms with Gasteiger partial charge in [0.25, 0.3) is 0 Å². The van der Waals surface area contributed by atoms with Gasteiger partial charge in [0.1, 0.15) is 5.75 Å². The molecule has 0 amide bonds. The van der Waals surface area contributed by atoms with Crippen LogP contribution in [0.4, 0.5) is 17.1 Å². The maximum atomic E-state index is 5.34. The molecule has 4 aromatic rings. The van der Waals surface area contributed by atoms with Crippen LogP contribution in [-0.2, 0) is 0 Å². The maximum absolute atomic E-state index is 5.34. The van der Waals surface area contributed by atoms with Crippen molar-refractivity contribution in [1.29, 1.82) is 0 Å². The topological polar surface area (TPSA) is 12.5 Å². The lowest BCUT2D eigenvalue weighted by atomic mass is 9.97. The second-order valence-electron chi connectivity index (χ2n) is 8.27. The molecule has 0 aliphatic carbocycles. The van der Waals surface area contributed by atoms with Gasteiger partial charge in [-0.15, -0.1) is 0 Å². The number of hydrogen-bond donors (Lipinski definition) is 0. The van der Waals surface area contributed by atoms with Gasteiger partial charge in [-0.1, -0.05) is 80.6 Å². The molecule has 0 aliphatic rings. The van der Waals surface area contributed by atoms with E-state index in [-0.39, 0.29) is 0 Å². The average molecular weight is 434 g/mol. The molecule has 0 radical (unpaired) electrons. The van der Waals surface area contributed by atoms with Crippen molar-refractivity contribution in [2.24, 2.45) is 0 Å². The summed E-state index contributed by atoms with van der Waals surface area (Å²) in [5, 5.41) is 0. The van der Waals surface area contributed by atoms with Crippen LogP contribution in [0.2, 0.25) is 0 Å². The lowest BCUT2D eigenvalue weighted by Crippen LogP contribution is -2.09. The quantitative estimate of drug-likeness (QED) is 0.257. The Labute approximate surface area is 197 Å². The molecule has 1 atom stereocenters. The van der Waals surface area contributed by atoms with E-state index in [1.165, 1.54) is 16.7 Å². The van der Waals surface area contributed by atoms with Gasteiger partial charge in [-0.2, -0.15) is 0 Å². The molecule has 33 heavy (non-hydrogen) atoms. The van der Waals surface area contributed by atoms with Gasteiger partial charge in [0, 0.05) is 17.1 Å². The summed E-state index contributed by atoms with van der Waals surface area (Å²) in [6.07, 6.45) is 5.53. The summed E-state index contributed by atoms with van der Waals surface area (Å²) >= 11 is 0. The first-order chi connectivity index (χ1) is 16.2. The molecule has 2 nitrogen and oxygen atoms in total. The van der Waals surface area contributed by atoms with Crippen molar-refractivity contribution in [3.8, 4) is 5.75 Å². The molecule has 0 fully saturated rings. The highest BCUT2D eigenvalue weighted by Crippen LogP contribution is 2.35. The SMILES string of the molecule is CCC(C)c1cccc(C=Cc2ccc(N(c3ccccc3)c3ccc(OC)cc3)cc2)c1. The van der Waals surface area contributed by atoms with Gasteiger partial charge in [-0.3, -0.25) is 0 Å². The van der Waals surface area contributed by atoms with Gasteiger partial charge in [-0.25, -0.2) is 0 Å². The molecule has 0 N–H and O–H groups in total. The Balaban J connectivity index is 1.60. The molecule has 2 heteroatoms. The van der Waals surface area contributed by atoms with Gasteiger partial charge in [0.05, 0.1) is 7.11 Å². The van der Waals surface area contributed by atoms with E-state index < -0.39 is 0 Å². The summed E-state index contributed by atoms with van der Waals surface area (Å²) in [6, 6.07) is 36.1. The Morgan fingerprint density at radius 1 is 0.697 bits per heavy atom. The van der Waals surface area contributed by atoms with E-state index >= 15 is 0 Å². The number of hydrogen-bond acceptors (Lipinski definition) is 2. The zero-order valence-corrected chi connectivity index (χ0v) is 19.6. The van der Waals surface area contributed by atoms with E-state index in [0.717, 1.165) is 29.2 Å². The van der Waals surface area contributed by atoms with Crippen molar-refractivity contribution in [1.82, 2.24) is 0 Å². The van der Waals surface area contributed by atoms with Crippen LogP contribution in [0.15, 0.2) is 103 Å². The number of para-hydroxylation sites is 1. The Morgan fingerprint density at radius 2 is 1.30 bits per heavy atom. The van der Waals surface area contributed by atoms with Gasteiger partial charge in [0.2, 0.25) is 0 Å². The van der Waals surface area contributed by atoms with E-state index in [2.05, 4.69) is 116 Å². The van der Waals surface area contributed by atoms with E-state index in [1.54, 1.807) is 7.11 Å². The minimum atomic E-state index is 0.583. The third-order valence-corrected chi connectivity index (χ3v) is 6.06. The molecule has 0 bridgehead atoms. The zero-order valence-electron chi connectivity index (χ0n) is 19.6. The third-order valence-electron chi connectivity index (χ3n) is 6.06. The highest BCUT2D eigenvalue weighted by atomic mass is 16.5. The fourth-order valence-corrected chi connectivity index (χ4v) is 3.89. The number of benzene rings is 4. The van der Waals surface area contributed by atoms with E-state index in [9.17, 15) is 0 Å². The molecule has 0 spiro atoms. The monoisotopic (exact) mass is 433 g/mol. The average Bonchev–Trinajstić information content (AvgIpc) is 2.89. The molecule has 0 saturated carbocycles. The fraction of sp³-hybridized carbons (Fsp3) is 0.161. The van der Waals surface area contributed by atoms with Crippen molar-refractivity contribution in [3.63, 3.8) is 0 Å². The lowest BCUT2D eigenvalue weighted by molar-refractivity contribution is 0.415. The third kappa shape index (κ3) is 5.53. The van der Waals surface area contributed by atoms with Crippen LogP contribution in [0.5, 0.6) is 5.75 Å². The van der Waals surface area contributed by atoms with Crippen LogP contribution in [0.25, 0.3) is 12.2 Å². The molecule has 4 rings (SSSR count). The van der Waals surface area contributed by atoms with Crippen molar-refractivity contribution < 1.29 is 4.74 Å². The number of rotatable bonds is 8. The summed E-state index contributed by atoms with van der Waals surface area (Å²) in [6.45, 7) is 4.52. The fourth-order valence-electron chi connectivity index (χ4n) is 3.89.